The van der Waals surface area contributed by atoms with Crippen molar-refractivity contribution >= 4 is 32.8 Å². The number of aromatic nitrogens is 1. The molecule has 0 unspecified atom stereocenters. The smallest absolute Gasteiger partial charge is 0.321 e. The summed E-state index contributed by atoms with van der Waals surface area (Å²) in [6.45, 7) is 2.90. The Kier molecular flexibility index (Phi) is 5.96. The molecule has 3 N–H and O–H groups in total. The lowest BCUT2D eigenvalue weighted by molar-refractivity contribution is -0.139. The average Bonchev–Trinajstić information content (AvgIpc) is 3.03. The molecule has 1 heterocycles. The van der Waals surface area contributed by atoms with Gasteiger partial charge in [-0.25, -0.2) is 0 Å². The van der Waals surface area contributed by atoms with E-state index in [1.807, 2.05) is 55.6 Å². The monoisotopic (exact) mass is 416 g/mol. The second-order valence-electron chi connectivity index (χ2n) is 6.02. The summed E-state index contributed by atoms with van der Waals surface area (Å²) in [7, 11) is 0. The number of para-hydroxylation sites is 1. The third-order valence-corrected chi connectivity index (χ3v) is 4.75. The van der Waals surface area contributed by atoms with Crippen molar-refractivity contribution in [3.05, 3.63) is 64.3 Å². The second kappa shape index (κ2) is 8.38. The summed E-state index contributed by atoms with van der Waals surface area (Å²) in [5.41, 5.74) is 2.92. The molecule has 1 atom stereocenters. The second-order valence-corrected chi connectivity index (χ2v) is 6.94. The molecule has 6 heteroatoms. The fourth-order valence-electron chi connectivity index (χ4n) is 2.98. The van der Waals surface area contributed by atoms with E-state index in [0.29, 0.717) is 19.6 Å². The SMILES string of the molecule is CCOc1ccc(Br)cc1CN[C@H](Cc1c[nH]c2ccccc12)C(=O)O. The van der Waals surface area contributed by atoms with Crippen molar-refractivity contribution < 1.29 is 14.6 Å². The highest BCUT2D eigenvalue weighted by Gasteiger charge is 2.20. The minimum absolute atomic E-state index is 0.400. The van der Waals surface area contributed by atoms with Crippen molar-refractivity contribution in [2.24, 2.45) is 0 Å². The zero-order valence-electron chi connectivity index (χ0n) is 14.5. The van der Waals surface area contributed by atoms with Gasteiger partial charge in [-0.2, -0.15) is 0 Å². The molecule has 0 radical (unpaired) electrons. The highest BCUT2D eigenvalue weighted by Crippen LogP contribution is 2.24. The number of hydrogen-bond acceptors (Lipinski definition) is 3. The van der Waals surface area contributed by atoms with Gasteiger partial charge in [0.1, 0.15) is 11.8 Å². The predicted octanol–water partition coefficient (Wildman–Crippen LogP) is 4.11. The maximum Gasteiger partial charge on any atom is 0.321 e. The summed E-state index contributed by atoms with van der Waals surface area (Å²) in [4.78, 5) is 14.9. The normalized spacial score (nSPS) is 12.2. The molecule has 0 aliphatic rings. The summed E-state index contributed by atoms with van der Waals surface area (Å²) >= 11 is 3.46. The molecule has 0 bridgehead atoms. The first-order chi connectivity index (χ1) is 12.6. The van der Waals surface area contributed by atoms with Crippen LogP contribution in [0.1, 0.15) is 18.1 Å². The first-order valence-electron chi connectivity index (χ1n) is 8.51. The molecule has 0 aliphatic heterocycles. The van der Waals surface area contributed by atoms with Crippen LogP contribution in [0.3, 0.4) is 0 Å². The van der Waals surface area contributed by atoms with Gasteiger partial charge in [0.25, 0.3) is 0 Å². The number of fused-ring (bicyclic) bond motifs is 1. The molecule has 136 valence electrons. The Morgan fingerprint density at radius 2 is 2.08 bits per heavy atom. The zero-order chi connectivity index (χ0) is 18.5. The first-order valence-corrected chi connectivity index (χ1v) is 9.30. The fourth-order valence-corrected chi connectivity index (χ4v) is 3.39. The topological polar surface area (TPSA) is 74.3 Å². The van der Waals surface area contributed by atoms with Crippen molar-refractivity contribution in [3.8, 4) is 5.75 Å². The molecule has 0 spiro atoms. The summed E-state index contributed by atoms with van der Waals surface area (Å²) in [5.74, 6) is -0.109. The van der Waals surface area contributed by atoms with E-state index in [1.165, 1.54) is 0 Å². The predicted molar refractivity (Wildman–Crippen MR) is 106 cm³/mol. The summed E-state index contributed by atoms with van der Waals surface area (Å²) in [5, 5.41) is 13.8. The Balaban J connectivity index is 1.76. The highest BCUT2D eigenvalue weighted by molar-refractivity contribution is 9.10. The van der Waals surface area contributed by atoms with Gasteiger partial charge in [-0.15, -0.1) is 0 Å². The molecule has 0 fully saturated rings. The van der Waals surface area contributed by atoms with Gasteiger partial charge in [0.05, 0.1) is 6.61 Å². The number of aliphatic carboxylic acids is 1. The number of aromatic amines is 1. The van der Waals surface area contributed by atoms with E-state index in [0.717, 1.165) is 32.3 Å². The fraction of sp³-hybridized carbons (Fsp3) is 0.250. The molecular weight excluding hydrogens is 396 g/mol. The van der Waals surface area contributed by atoms with Crippen molar-refractivity contribution in [1.29, 1.82) is 0 Å². The number of carboxylic acids is 1. The largest absolute Gasteiger partial charge is 0.494 e. The number of H-pyrrole nitrogens is 1. The van der Waals surface area contributed by atoms with Gasteiger partial charge in [0.2, 0.25) is 0 Å². The van der Waals surface area contributed by atoms with Crippen LogP contribution in [0.15, 0.2) is 53.1 Å². The lowest BCUT2D eigenvalue weighted by Gasteiger charge is -2.16. The van der Waals surface area contributed by atoms with E-state index in [1.54, 1.807) is 0 Å². The van der Waals surface area contributed by atoms with Gasteiger partial charge >= 0.3 is 5.97 Å². The Labute approximate surface area is 160 Å². The molecule has 3 rings (SSSR count). The Bertz CT molecular complexity index is 907. The minimum atomic E-state index is -0.872. The van der Waals surface area contributed by atoms with Crippen molar-refractivity contribution in [3.63, 3.8) is 0 Å². The van der Waals surface area contributed by atoms with Gasteiger partial charge < -0.3 is 14.8 Å². The lowest BCUT2D eigenvalue weighted by atomic mass is 10.0. The van der Waals surface area contributed by atoms with Gasteiger partial charge in [-0.1, -0.05) is 34.1 Å². The van der Waals surface area contributed by atoms with E-state index in [4.69, 9.17) is 4.74 Å². The number of nitrogens with one attached hydrogen (secondary N) is 2. The average molecular weight is 417 g/mol. The molecule has 3 aromatic rings. The van der Waals surface area contributed by atoms with Crippen LogP contribution in [0, 0.1) is 0 Å². The number of carbonyl (C=O) groups is 1. The van der Waals surface area contributed by atoms with Crippen LogP contribution in [0.5, 0.6) is 5.75 Å². The van der Waals surface area contributed by atoms with Crippen LogP contribution in [0.4, 0.5) is 0 Å². The van der Waals surface area contributed by atoms with Crippen LogP contribution in [0.25, 0.3) is 10.9 Å². The Morgan fingerprint density at radius 3 is 2.85 bits per heavy atom. The summed E-state index contributed by atoms with van der Waals surface area (Å²) in [6.07, 6.45) is 2.28. The number of halogens is 1. The van der Waals surface area contributed by atoms with E-state index >= 15 is 0 Å². The van der Waals surface area contributed by atoms with E-state index in [2.05, 4.69) is 26.2 Å². The maximum absolute atomic E-state index is 11.7. The quantitative estimate of drug-likeness (QED) is 0.516. The number of ether oxygens (including phenoxy) is 1. The van der Waals surface area contributed by atoms with E-state index < -0.39 is 12.0 Å². The van der Waals surface area contributed by atoms with Crippen LogP contribution < -0.4 is 10.1 Å². The Morgan fingerprint density at radius 1 is 1.27 bits per heavy atom. The molecule has 0 saturated heterocycles. The van der Waals surface area contributed by atoms with Gasteiger partial charge in [0.15, 0.2) is 0 Å². The van der Waals surface area contributed by atoms with Gasteiger partial charge in [-0.05, 0) is 36.8 Å². The molecule has 0 saturated carbocycles. The molecule has 1 aromatic heterocycles. The third-order valence-electron chi connectivity index (χ3n) is 4.26. The Hall–Kier alpha value is -2.31. The first kappa shape index (κ1) is 18.5. The standard InChI is InChI=1S/C20H21BrN2O3/c1-2-26-19-8-7-15(21)9-14(19)12-23-18(20(24)25)10-13-11-22-17-6-4-3-5-16(13)17/h3-9,11,18,22-23H,2,10,12H2,1H3,(H,24,25)/t18-/m1/s1. The highest BCUT2D eigenvalue weighted by atomic mass is 79.9. The van der Waals surface area contributed by atoms with Crippen molar-refractivity contribution in [1.82, 2.24) is 10.3 Å². The number of hydrogen-bond donors (Lipinski definition) is 3. The summed E-state index contributed by atoms with van der Waals surface area (Å²) < 4.78 is 6.57. The van der Waals surface area contributed by atoms with E-state index in [9.17, 15) is 9.90 Å². The zero-order valence-corrected chi connectivity index (χ0v) is 16.0. The number of benzene rings is 2. The van der Waals surface area contributed by atoms with E-state index in [-0.39, 0.29) is 0 Å². The van der Waals surface area contributed by atoms with Crippen LogP contribution in [-0.2, 0) is 17.8 Å². The van der Waals surface area contributed by atoms with Crippen molar-refractivity contribution in [2.75, 3.05) is 6.61 Å². The van der Waals surface area contributed by atoms with Crippen LogP contribution in [0.2, 0.25) is 0 Å². The van der Waals surface area contributed by atoms with Crippen molar-refractivity contribution in [2.45, 2.75) is 25.9 Å². The lowest BCUT2D eigenvalue weighted by Crippen LogP contribution is -2.38. The third kappa shape index (κ3) is 4.26. The molecule has 5 nitrogen and oxygen atoms in total. The van der Waals surface area contributed by atoms with Crippen LogP contribution in [-0.4, -0.2) is 28.7 Å². The van der Waals surface area contributed by atoms with Gasteiger partial charge in [0, 0.05) is 40.1 Å². The summed E-state index contributed by atoms with van der Waals surface area (Å²) in [6, 6.07) is 13.0. The van der Waals surface area contributed by atoms with Crippen LogP contribution >= 0.6 is 15.9 Å². The molecule has 26 heavy (non-hydrogen) atoms. The molecule has 0 aliphatic carbocycles. The number of rotatable bonds is 8. The number of carboxylic acid groups (broad SMARTS) is 1. The molecular formula is C20H21BrN2O3. The molecule has 2 aromatic carbocycles. The minimum Gasteiger partial charge on any atom is -0.494 e. The maximum atomic E-state index is 11.7. The van der Waals surface area contributed by atoms with Gasteiger partial charge in [-0.3, -0.25) is 10.1 Å². The molecule has 0 amide bonds.